The van der Waals surface area contributed by atoms with Crippen molar-refractivity contribution in [2.45, 2.75) is 13.0 Å². The summed E-state index contributed by atoms with van der Waals surface area (Å²) in [7, 11) is 0. The quantitative estimate of drug-likeness (QED) is 0.604. The van der Waals surface area contributed by atoms with Crippen LogP contribution in [0.3, 0.4) is 0 Å². The third-order valence-electron chi connectivity index (χ3n) is 3.09. The number of hydrogen-bond donors (Lipinski definition) is 0. The van der Waals surface area contributed by atoms with E-state index in [0.29, 0.717) is 25.5 Å². The van der Waals surface area contributed by atoms with Gasteiger partial charge in [0.15, 0.2) is 0 Å². The van der Waals surface area contributed by atoms with Crippen molar-refractivity contribution in [2.24, 2.45) is 0 Å². The molecule has 1 aliphatic heterocycles. The standard InChI is InChI=1S/C12H15ClFN3O/c1-9-8-16(12(18)7-13)5-6-17(9)11-4-2-3-10(14)15-11/h2-4,9H,5-8H2,1H3. The highest BCUT2D eigenvalue weighted by atomic mass is 35.5. The van der Waals surface area contributed by atoms with Crippen molar-refractivity contribution in [3.05, 3.63) is 24.1 Å². The Morgan fingerprint density at radius 2 is 2.33 bits per heavy atom. The first-order valence-corrected chi connectivity index (χ1v) is 6.38. The number of piperazine rings is 1. The van der Waals surface area contributed by atoms with Crippen LogP contribution < -0.4 is 4.90 Å². The molecule has 0 spiro atoms. The molecule has 0 radical (unpaired) electrons. The van der Waals surface area contributed by atoms with Crippen LogP contribution in [0, 0.1) is 5.95 Å². The third-order valence-corrected chi connectivity index (χ3v) is 3.32. The van der Waals surface area contributed by atoms with E-state index in [-0.39, 0.29) is 17.8 Å². The number of hydrogen-bond acceptors (Lipinski definition) is 3. The molecule has 0 aromatic carbocycles. The van der Waals surface area contributed by atoms with Crippen molar-refractivity contribution in [1.29, 1.82) is 0 Å². The summed E-state index contributed by atoms with van der Waals surface area (Å²) in [5, 5.41) is 0. The fourth-order valence-corrected chi connectivity index (χ4v) is 2.34. The molecule has 0 saturated carbocycles. The van der Waals surface area contributed by atoms with Crippen LogP contribution in [0.5, 0.6) is 0 Å². The molecule has 1 amide bonds. The number of carbonyl (C=O) groups excluding carboxylic acids is 1. The van der Waals surface area contributed by atoms with Crippen LogP contribution in [0.4, 0.5) is 10.2 Å². The molecule has 0 bridgehead atoms. The largest absolute Gasteiger partial charge is 0.350 e. The lowest BCUT2D eigenvalue weighted by Crippen LogP contribution is -2.54. The van der Waals surface area contributed by atoms with Gasteiger partial charge < -0.3 is 9.80 Å². The van der Waals surface area contributed by atoms with Crippen molar-refractivity contribution >= 4 is 23.3 Å². The Kier molecular flexibility index (Phi) is 4.01. The van der Waals surface area contributed by atoms with E-state index in [9.17, 15) is 9.18 Å². The average Bonchev–Trinajstić information content (AvgIpc) is 2.37. The van der Waals surface area contributed by atoms with E-state index >= 15 is 0 Å². The number of anilines is 1. The molecule has 1 unspecified atom stereocenters. The Hall–Kier alpha value is -1.36. The van der Waals surface area contributed by atoms with Gasteiger partial charge in [0.25, 0.3) is 0 Å². The van der Waals surface area contributed by atoms with Gasteiger partial charge in [0.2, 0.25) is 11.9 Å². The zero-order valence-corrected chi connectivity index (χ0v) is 10.9. The lowest BCUT2D eigenvalue weighted by molar-refractivity contribution is -0.129. The van der Waals surface area contributed by atoms with E-state index < -0.39 is 5.95 Å². The van der Waals surface area contributed by atoms with Crippen LogP contribution in [-0.4, -0.2) is 47.3 Å². The summed E-state index contributed by atoms with van der Waals surface area (Å²) in [6.45, 7) is 3.80. The Morgan fingerprint density at radius 3 is 2.94 bits per heavy atom. The van der Waals surface area contributed by atoms with Gasteiger partial charge in [0.1, 0.15) is 11.7 Å². The van der Waals surface area contributed by atoms with Crippen LogP contribution in [0.15, 0.2) is 18.2 Å². The number of amides is 1. The maximum absolute atomic E-state index is 13.1. The Bertz CT molecular complexity index is 443. The predicted molar refractivity (Wildman–Crippen MR) is 68.3 cm³/mol. The molecule has 18 heavy (non-hydrogen) atoms. The third kappa shape index (κ3) is 2.72. The maximum Gasteiger partial charge on any atom is 0.237 e. The van der Waals surface area contributed by atoms with Gasteiger partial charge in [-0.1, -0.05) is 6.07 Å². The van der Waals surface area contributed by atoms with Crippen molar-refractivity contribution in [3.63, 3.8) is 0 Å². The molecule has 4 nitrogen and oxygen atoms in total. The highest BCUT2D eigenvalue weighted by Gasteiger charge is 2.27. The minimum atomic E-state index is -0.487. The summed E-state index contributed by atoms with van der Waals surface area (Å²) in [6.07, 6.45) is 0. The second kappa shape index (κ2) is 5.52. The van der Waals surface area contributed by atoms with E-state index in [2.05, 4.69) is 4.98 Å². The van der Waals surface area contributed by atoms with Crippen molar-refractivity contribution in [3.8, 4) is 0 Å². The molecule has 6 heteroatoms. The summed E-state index contributed by atoms with van der Waals surface area (Å²) in [5.74, 6) is 0.0695. The monoisotopic (exact) mass is 271 g/mol. The summed E-state index contributed by atoms with van der Waals surface area (Å²) in [4.78, 5) is 19.1. The SMILES string of the molecule is CC1CN(C(=O)CCl)CCN1c1cccc(F)n1. The van der Waals surface area contributed by atoms with Crippen molar-refractivity contribution in [2.75, 3.05) is 30.4 Å². The number of rotatable bonds is 2. The number of halogens is 2. The number of nitrogens with zero attached hydrogens (tertiary/aromatic N) is 3. The summed E-state index contributed by atoms with van der Waals surface area (Å²) < 4.78 is 13.1. The van der Waals surface area contributed by atoms with Gasteiger partial charge in [-0.2, -0.15) is 4.39 Å². The zero-order chi connectivity index (χ0) is 13.1. The van der Waals surface area contributed by atoms with E-state index in [1.165, 1.54) is 6.07 Å². The first kappa shape index (κ1) is 13.1. The minimum Gasteiger partial charge on any atom is -0.350 e. The number of pyridine rings is 1. The highest BCUT2D eigenvalue weighted by molar-refractivity contribution is 6.27. The van der Waals surface area contributed by atoms with E-state index in [0.717, 1.165) is 0 Å². The molecular weight excluding hydrogens is 257 g/mol. The molecule has 2 heterocycles. The number of aromatic nitrogens is 1. The molecule has 1 saturated heterocycles. The molecule has 1 aliphatic rings. The minimum absolute atomic E-state index is 0.00490. The molecule has 0 N–H and O–H groups in total. The summed E-state index contributed by atoms with van der Waals surface area (Å²) in [6, 6.07) is 4.83. The smallest absolute Gasteiger partial charge is 0.237 e. The second-order valence-electron chi connectivity index (χ2n) is 4.33. The molecule has 1 aromatic heterocycles. The highest BCUT2D eigenvalue weighted by Crippen LogP contribution is 2.18. The fraction of sp³-hybridized carbons (Fsp3) is 0.500. The van der Waals surface area contributed by atoms with Crippen LogP contribution >= 0.6 is 11.6 Å². The number of carbonyl (C=O) groups is 1. The van der Waals surface area contributed by atoms with Crippen LogP contribution in [0.1, 0.15) is 6.92 Å². The van der Waals surface area contributed by atoms with E-state index in [1.54, 1.807) is 17.0 Å². The molecule has 2 rings (SSSR count). The van der Waals surface area contributed by atoms with Gasteiger partial charge in [-0.15, -0.1) is 11.6 Å². The van der Waals surface area contributed by atoms with Gasteiger partial charge in [0, 0.05) is 25.7 Å². The van der Waals surface area contributed by atoms with E-state index in [4.69, 9.17) is 11.6 Å². The average molecular weight is 272 g/mol. The molecule has 1 atom stereocenters. The molecule has 1 fully saturated rings. The first-order chi connectivity index (χ1) is 8.61. The Morgan fingerprint density at radius 1 is 1.56 bits per heavy atom. The lowest BCUT2D eigenvalue weighted by Gasteiger charge is -2.40. The van der Waals surface area contributed by atoms with Crippen molar-refractivity contribution < 1.29 is 9.18 Å². The first-order valence-electron chi connectivity index (χ1n) is 5.84. The molecular formula is C12H15ClFN3O. The van der Waals surface area contributed by atoms with Crippen LogP contribution in [-0.2, 0) is 4.79 Å². The zero-order valence-electron chi connectivity index (χ0n) is 10.1. The predicted octanol–water partition coefficient (Wildman–Crippen LogP) is 1.50. The van der Waals surface area contributed by atoms with Crippen LogP contribution in [0.25, 0.3) is 0 Å². The molecule has 1 aromatic rings. The van der Waals surface area contributed by atoms with Gasteiger partial charge in [-0.05, 0) is 19.1 Å². The second-order valence-corrected chi connectivity index (χ2v) is 4.60. The normalized spacial score (nSPS) is 20.1. The Labute approximate surface area is 110 Å². The van der Waals surface area contributed by atoms with Gasteiger partial charge >= 0.3 is 0 Å². The van der Waals surface area contributed by atoms with Gasteiger partial charge in [0.05, 0.1) is 0 Å². The topological polar surface area (TPSA) is 36.4 Å². The Balaban J connectivity index is 2.08. The number of alkyl halides is 1. The summed E-state index contributed by atoms with van der Waals surface area (Å²) >= 11 is 5.54. The molecule has 0 aliphatic carbocycles. The van der Waals surface area contributed by atoms with Crippen molar-refractivity contribution in [1.82, 2.24) is 9.88 Å². The maximum atomic E-state index is 13.1. The molecule has 98 valence electrons. The fourth-order valence-electron chi connectivity index (χ4n) is 2.17. The van der Waals surface area contributed by atoms with Crippen LogP contribution in [0.2, 0.25) is 0 Å². The lowest BCUT2D eigenvalue weighted by atomic mass is 10.2. The van der Waals surface area contributed by atoms with E-state index in [1.807, 2.05) is 11.8 Å². The summed E-state index contributed by atoms with van der Waals surface area (Å²) in [5.41, 5.74) is 0. The van der Waals surface area contributed by atoms with Gasteiger partial charge in [-0.25, -0.2) is 4.98 Å². The van der Waals surface area contributed by atoms with Gasteiger partial charge in [-0.3, -0.25) is 4.79 Å².